The SMILES string of the molecule is COC(=O)Cc1c(C)c2ccc3c(c2oc1=O)C[NH+](C1CC1)CO3. The molecule has 2 heterocycles. The molecule has 1 saturated carbocycles. The second-order valence-corrected chi connectivity index (χ2v) is 6.56. The lowest BCUT2D eigenvalue weighted by Crippen LogP contribution is -3.13. The summed E-state index contributed by atoms with van der Waals surface area (Å²) in [6.45, 7) is 3.31. The summed E-state index contributed by atoms with van der Waals surface area (Å²) in [7, 11) is 1.31. The van der Waals surface area contributed by atoms with Crippen molar-refractivity contribution in [2.75, 3.05) is 13.8 Å². The van der Waals surface area contributed by atoms with E-state index in [9.17, 15) is 9.59 Å². The lowest BCUT2D eigenvalue weighted by Gasteiger charge is -2.26. The van der Waals surface area contributed by atoms with E-state index in [1.54, 1.807) is 0 Å². The molecule has 1 unspecified atom stereocenters. The van der Waals surface area contributed by atoms with Gasteiger partial charge in [0.15, 0.2) is 5.58 Å². The van der Waals surface area contributed by atoms with Crippen LogP contribution >= 0.6 is 0 Å². The maximum absolute atomic E-state index is 12.4. The highest BCUT2D eigenvalue weighted by Crippen LogP contribution is 2.31. The second-order valence-electron chi connectivity index (χ2n) is 6.56. The molecule has 24 heavy (non-hydrogen) atoms. The maximum atomic E-state index is 12.4. The number of esters is 1. The van der Waals surface area contributed by atoms with Crippen LogP contribution in [0, 0.1) is 6.92 Å². The van der Waals surface area contributed by atoms with Gasteiger partial charge in [-0.05, 0) is 24.6 Å². The quantitative estimate of drug-likeness (QED) is 0.663. The number of carbonyl (C=O) groups is 1. The fourth-order valence-corrected chi connectivity index (χ4v) is 3.42. The van der Waals surface area contributed by atoms with Gasteiger partial charge in [-0.15, -0.1) is 0 Å². The summed E-state index contributed by atoms with van der Waals surface area (Å²) in [6, 6.07) is 4.48. The Kier molecular flexibility index (Phi) is 3.57. The number of hydrogen-bond donors (Lipinski definition) is 1. The van der Waals surface area contributed by atoms with E-state index in [0.29, 0.717) is 23.9 Å². The molecule has 1 aliphatic heterocycles. The average molecular weight is 330 g/mol. The summed E-state index contributed by atoms with van der Waals surface area (Å²) in [4.78, 5) is 25.3. The maximum Gasteiger partial charge on any atom is 0.340 e. The molecule has 1 atom stereocenters. The van der Waals surface area contributed by atoms with E-state index in [0.717, 1.165) is 28.8 Å². The van der Waals surface area contributed by atoms with E-state index in [4.69, 9.17) is 9.15 Å². The summed E-state index contributed by atoms with van der Waals surface area (Å²) < 4.78 is 16.1. The highest BCUT2D eigenvalue weighted by molar-refractivity contribution is 5.87. The topological polar surface area (TPSA) is 70.2 Å². The van der Waals surface area contributed by atoms with E-state index < -0.39 is 11.6 Å². The van der Waals surface area contributed by atoms with Crippen molar-refractivity contribution in [3.05, 3.63) is 39.2 Å². The van der Waals surface area contributed by atoms with Crippen LogP contribution in [0.1, 0.15) is 29.5 Å². The summed E-state index contributed by atoms with van der Waals surface area (Å²) in [5.74, 6) is 0.338. The van der Waals surface area contributed by atoms with Crippen LogP contribution in [0.5, 0.6) is 5.75 Å². The lowest BCUT2D eigenvalue weighted by molar-refractivity contribution is -0.943. The van der Waals surface area contributed by atoms with Gasteiger partial charge in [0.1, 0.15) is 12.3 Å². The minimum absolute atomic E-state index is 0.0758. The van der Waals surface area contributed by atoms with Gasteiger partial charge in [-0.1, -0.05) is 0 Å². The first-order chi connectivity index (χ1) is 11.6. The molecule has 4 rings (SSSR count). The number of rotatable bonds is 3. The molecule has 0 bridgehead atoms. The van der Waals surface area contributed by atoms with Gasteiger partial charge in [0, 0.05) is 18.2 Å². The predicted octanol–water partition coefficient (Wildman–Crippen LogP) is 0.714. The molecule has 1 fully saturated rings. The number of benzene rings is 1. The van der Waals surface area contributed by atoms with Gasteiger partial charge in [-0.2, -0.15) is 0 Å². The van der Waals surface area contributed by atoms with Crippen LogP contribution < -0.4 is 15.3 Å². The number of quaternary nitrogens is 1. The van der Waals surface area contributed by atoms with Crippen molar-refractivity contribution in [2.24, 2.45) is 0 Å². The summed E-state index contributed by atoms with van der Waals surface area (Å²) >= 11 is 0. The molecule has 1 aromatic heterocycles. The molecule has 0 spiro atoms. The first-order valence-corrected chi connectivity index (χ1v) is 8.21. The Morgan fingerprint density at radius 3 is 2.88 bits per heavy atom. The Labute approximate surface area is 139 Å². The number of ether oxygens (including phenoxy) is 2. The number of nitrogens with one attached hydrogen (secondary N) is 1. The molecule has 126 valence electrons. The smallest absolute Gasteiger partial charge is 0.340 e. The van der Waals surface area contributed by atoms with E-state index in [-0.39, 0.29) is 6.42 Å². The van der Waals surface area contributed by atoms with Crippen molar-refractivity contribution in [1.29, 1.82) is 0 Å². The third-order valence-electron chi connectivity index (χ3n) is 5.04. The van der Waals surface area contributed by atoms with Crippen LogP contribution in [0.4, 0.5) is 0 Å². The summed E-state index contributed by atoms with van der Waals surface area (Å²) in [5.41, 5.74) is 2.19. The van der Waals surface area contributed by atoms with Gasteiger partial charge in [0.05, 0.1) is 30.7 Å². The largest absolute Gasteiger partial charge is 0.469 e. The van der Waals surface area contributed by atoms with Crippen LogP contribution in [-0.2, 0) is 22.5 Å². The van der Waals surface area contributed by atoms with Gasteiger partial charge in [0.2, 0.25) is 6.73 Å². The fourth-order valence-electron chi connectivity index (χ4n) is 3.42. The standard InChI is InChI=1S/C18H19NO5/c1-10-12-5-6-15-14(8-19(9-23-15)11-3-4-11)17(12)24-18(21)13(10)7-16(20)22-2/h5-6,11H,3-4,7-9H2,1-2H3/p+1. The van der Waals surface area contributed by atoms with Crippen LogP contribution in [0.2, 0.25) is 0 Å². The van der Waals surface area contributed by atoms with Crippen molar-refractivity contribution in [2.45, 2.75) is 38.8 Å². The Morgan fingerprint density at radius 1 is 1.38 bits per heavy atom. The molecule has 0 amide bonds. The van der Waals surface area contributed by atoms with Gasteiger partial charge < -0.3 is 13.9 Å². The molecule has 2 aromatic rings. The Balaban J connectivity index is 1.83. The summed E-state index contributed by atoms with van der Waals surface area (Å²) in [5, 5.41) is 0.855. The Hall–Kier alpha value is -2.34. The predicted molar refractivity (Wildman–Crippen MR) is 86.1 cm³/mol. The number of hydrogen-bond acceptors (Lipinski definition) is 5. The minimum Gasteiger partial charge on any atom is -0.469 e. The van der Waals surface area contributed by atoms with Gasteiger partial charge in [-0.25, -0.2) is 4.79 Å². The summed E-state index contributed by atoms with van der Waals surface area (Å²) in [6.07, 6.45) is 2.38. The molecule has 6 nitrogen and oxygen atoms in total. The van der Waals surface area contributed by atoms with Gasteiger partial charge in [0.25, 0.3) is 0 Å². The molecular weight excluding hydrogens is 310 g/mol. The molecule has 0 saturated heterocycles. The Bertz CT molecular complexity index is 881. The van der Waals surface area contributed by atoms with E-state index in [1.807, 2.05) is 19.1 Å². The van der Waals surface area contributed by atoms with Crippen molar-refractivity contribution >= 4 is 16.9 Å². The second kappa shape index (κ2) is 5.63. The van der Waals surface area contributed by atoms with Crippen LogP contribution in [0.15, 0.2) is 21.3 Å². The van der Waals surface area contributed by atoms with Crippen molar-refractivity contribution in [3.8, 4) is 5.75 Å². The van der Waals surface area contributed by atoms with Crippen LogP contribution in [0.25, 0.3) is 11.0 Å². The number of carbonyl (C=O) groups excluding carboxylic acids is 1. The Morgan fingerprint density at radius 2 is 2.17 bits per heavy atom. The lowest BCUT2D eigenvalue weighted by atomic mass is 10.0. The van der Waals surface area contributed by atoms with Crippen molar-refractivity contribution in [1.82, 2.24) is 0 Å². The zero-order valence-electron chi connectivity index (χ0n) is 13.8. The molecule has 0 radical (unpaired) electrons. The van der Waals surface area contributed by atoms with E-state index in [2.05, 4.69) is 4.74 Å². The van der Waals surface area contributed by atoms with Gasteiger partial charge in [-0.3, -0.25) is 9.69 Å². The molecule has 1 N–H and O–H groups in total. The average Bonchev–Trinajstić information content (AvgIpc) is 3.42. The molecule has 1 aromatic carbocycles. The monoisotopic (exact) mass is 330 g/mol. The third kappa shape index (κ3) is 2.47. The van der Waals surface area contributed by atoms with E-state index >= 15 is 0 Å². The highest BCUT2D eigenvalue weighted by atomic mass is 16.5. The third-order valence-corrected chi connectivity index (χ3v) is 5.04. The van der Waals surface area contributed by atoms with Crippen LogP contribution in [0.3, 0.4) is 0 Å². The zero-order chi connectivity index (χ0) is 16.8. The first kappa shape index (κ1) is 15.2. The number of methoxy groups -OCH3 is 1. The highest BCUT2D eigenvalue weighted by Gasteiger charge is 2.37. The van der Waals surface area contributed by atoms with Gasteiger partial charge >= 0.3 is 11.6 Å². The van der Waals surface area contributed by atoms with Crippen molar-refractivity contribution < 1.29 is 23.6 Å². The van der Waals surface area contributed by atoms with Crippen molar-refractivity contribution in [3.63, 3.8) is 0 Å². The minimum atomic E-state index is -0.475. The molecular formula is C18H20NO5+. The zero-order valence-corrected chi connectivity index (χ0v) is 13.8. The molecule has 1 aliphatic carbocycles. The van der Waals surface area contributed by atoms with E-state index in [1.165, 1.54) is 24.9 Å². The molecule has 2 aliphatic rings. The first-order valence-electron chi connectivity index (χ1n) is 8.21. The number of fused-ring (bicyclic) bond motifs is 3. The normalized spacial score (nSPS) is 19.7. The number of aryl methyl sites for hydroxylation is 1. The fraction of sp³-hybridized carbons (Fsp3) is 0.444. The van der Waals surface area contributed by atoms with Crippen LogP contribution in [-0.4, -0.2) is 25.9 Å². The molecule has 6 heteroatoms.